The van der Waals surface area contributed by atoms with Crippen LogP contribution in [0.3, 0.4) is 0 Å². The predicted molar refractivity (Wildman–Crippen MR) is 46.7 cm³/mol. The molecule has 12 heavy (non-hydrogen) atoms. The van der Waals surface area contributed by atoms with E-state index < -0.39 is 0 Å². The Morgan fingerprint density at radius 2 is 2.25 bits per heavy atom. The molecule has 0 N–H and O–H groups in total. The standard InChI is InChI=1S/C7H8N2O2S/c1-8-5(10)4-6-9(7(8)11)2-3-12-6/h4H,2-3H2,1H3. The molecule has 0 bridgehead atoms. The number of hydrogen-bond donors (Lipinski definition) is 0. The van der Waals surface area contributed by atoms with Crippen LogP contribution in [-0.4, -0.2) is 14.9 Å². The first-order valence-corrected chi connectivity index (χ1v) is 4.62. The van der Waals surface area contributed by atoms with Gasteiger partial charge >= 0.3 is 5.69 Å². The van der Waals surface area contributed by atoms with Gasteiger partial charge in [-0.1, -0.05) is 0 Å². The molecule has 2 rings (SSSR count). The van der Waals surface area contributed by atoms with Crippen LogP contribution in [0.1, 0.15) is 0 Å². The van der Waals surface area contributed by atoms with Crippen LogP contribution in [-0.2, 0) is 13.6 Å². The molecule has 2 heterocycles. The lowest BCUT2D eigenvalue weighted by Crippen LogP contribution is -2.37. The fourth-order valence-electron chi connectivity index (χ4n) is 1.22. The first kappa shape index (κ1) is 7.67. The Balaban J connectivity index is 2.85. The Hall–Kier alpha value is -0.970. The van der Waals surface area contributed by atoms with E-state index in [-0.39, 0.29) is 11.2 Å². The summed E-state index contributed by atoms with van der Waals surface area (Å²) in [6, 6.07) is 1.51. The number of nitrogens with zero attached hydrogens (tertiary/aromatic N) is 2. The summed E-state index contributed by atoms with van der Waals surface area (Å²) in [6.45, 7) is 0.715. The molecule has 0 aliphatic carbocycles. The molecule has 0 radical (unpaired) electrons. The second-order valence-corrected chi connectivity index (χ2v) is 3.78. The van der Waals surface area contributed by atoms with Gasteiger partial charge in [-0.25, -0.2) is 4.79 Å². The molecule has 4 nitrogen and oxygen atoms in total. The van der Waals surface area contributed by atoms with E-state index in [9.17, 15) is 9.59 Å². The van der Waals surface area contributed by atoms with Gasteiger partial charge < -0.3 is 0 Å². The molecule has 5 heteroatoms. The summed E-state index contributed by atoms with van der Waals surface area (Å²) < 4.78 is 2.77. The molecule has 0 amide bonds. The minimum atomic E-state index is -0.222. The molecular weight excluding hydrogens is 176 g/mol. The van der Waals surface area contributed by atoms with E-state index in [4.69, 9.17) is 0 Å². The molecule has 64 valence electrons. The van der Waals surface area contributed by atoms with Crippen molar-refractivity contribution in [2.24, 2.45) is 7.05 Å². The Kier molecular flexibility index (Phi) is 1.61. The lowest BCUT2D eigenvalue weighted by atomic mass is 10.6. The molecule has 0 unspecified atom stereocenters. The second kappa shape index (κ2) is 2.52. The minimum absolute atomic E-state index is 0.206. The van der Waals surface area contributed by atoms with Gasteiger partial charge in [0.25, 0.3) is 5.56 Å². The zero-order chi connectivity index (χ0) is 8.72. The summed E-state index contributed by atoms with van der Waals surface area (Å²) in [7, 11) is 1.50. The number of rotatable bonds is 0. The molecule has 1 aliphatic heterocycles. The topological polar surface area (TPSA) is 44.0 Å². The molecule has 0 saturated carbocycles. The summed E-state index contributed by atoms with van der Waals surface area (Å²) in [5.74, 6) is 0.888. The van der Waals surface area contributed by atoms with Gasteiger partial charge in [-0.05, 0) is 0 Å². The predicted octanol–water partition coefficient (Wildman–Crippen LogP) is -0.347. The van der Waals surface area contributed by atoms with Crippen LogP contribution in [0.2, 0.25) is 0 Å². The van der Waals surface area contributed by atoms with Crippen molar-refractivity contribution in [2.45, 2.75) is 11.6 Å². The zero-order valence-electron chi connectivity index (χ0n) is 6.61. The maximum Gasteiger partial charge on any atom is 0.331 e. The largest absolute Gasteiger partial charge is 0.331 e. The summed E-state index contributed by atoms with van der Waals surface area (Å²) in [6.07, 6.45) is 0. The molecule has 1 aliphatic rings. The zero-order valence-corrected chi connectivity index (χ0v) is 7.43. The molecule has 0 atom stereocenters. The van der Waals surface area contributed by atoms with Crippen LogP contribution in [0.25, 0.3) is 0 Å². The second-order valence-electron chi connectivity index (χ2n) is 2.66. The number of fused-ring (bicyclic) bond motifs is 1. The summed E-state index contributed by atoms with van der Waals surface area (Å²) in [5, 5.41) is 0.795. The smallest absolute Gasteiger partial charge is 0.287 e. The van der Waals surface area contributed by atoms with Gasteiger partial charge in [-0.2, -0.15) is 0 Å². The SMILES string of the molecule is Cn1c(=O)cc2n(c1=O)CCS2. The highest BCUT2D eigenvalue weighted by molar-refractivity contribution is 7.99. The van der Waals surface area contributed by atoms with Gasteiger partial charge in [0.1, 0.15) is 0 Å². The van der Waals surface area contributed by atoms with Crippen LogP contribution >= 0.6 is 11.8 Å². The van der Waals surface area contributed by atoms with Crippen LogP contribution in [0.5, 0.6) is 0 Å². The van der Waals surface area contributed by atoms with Crippen molar-refractivity contribution in [1.29, 1.82) is 0 Å². The lowest BCUT2D eigenvalue weighted by molar-refractivity contribution is 0.600. The minimum Gasteiger partial charge on any atom is -0.287 e. The number of aromatic nitrogens is 2. The summed E-state index contributed by atoms with van der Waals surface area (Å²) in [4.78, 5) is 22.5. The van der Waals surface area contributed by atoms with Crippen molar-refractivity contribution in [1.82, 2.24) is 9.13 Å². The Labute approximate surface area is 72.8 Å². The third-order valence-electron chi connectivity index (χ3n) is 1.93. The third kappa shape index (κ3) is 0.929. The van der Waals surface area contributed by atoms with Gasteiger partial charge in [0, 0.05) is 25.4 Å². The van der Waals surface area contributed by atoms with Crippen LogP contribution in [0.4, 0.5) is 0 Å². The summed E-state index contributed by atoms with van der Waals surface area (Å²) in [5.41, 5.74) is -0.428. The fourth-order valence-corrected chi connectivity index (χ4v) is 2.21. The molecule has 0 aromatic carbocycles. The number of thioether (sulfide) groups is 1. The quantitative estimate of drug-likeness (QED) is 0.518. The van der Waals surface area contributed by atoms with Crippen molar-refractivity contribution >= 4 is 11.8 Å². The molecule has 0 fully saturated rings. The average Bonchev–Trinajstić information content (AvgIpc) is 2.48. The molecule has 1 aromatic rings. The van der Waals surface area contributed by atoms with Crippen LogP contribution in [0.15, 0.2) is 20.7 Å². The fraction of sp³-hybridized carbons (Fsp3) is 0.429. The van der Waals surface area contributed by atoms with E-state index in [1.54, 1.807) is 16.3 Å². The van der Waals surface area contributed by atoms with E-state index in [1.807, 2.05) is 0 Å². The third-order valence-corrected chi connectivity index (χ3v) is 2.95. The Morgan fingerprint density at radius 3 is 3.00 bits per heavy atom. The van der Waals surface area contributed by atoms with Gasteiger partial charge in [0.15, 0.2) is 0 Å². The lowest BCUT2D eigenvalue weighted by Gasteiger charge is -2.02. The van der Waals surface area contributed by atoms with Gasteiger partial charge in [0.2, 0.25) is 0 Å². The first-order chi connectivity index (χ1) is 5.70. The maximum atomic E-state index is 11.4. The Morgan fingerprint density at radius 1 is 1.50 bits per heavy atom. The van der Waals surface area contributed by atoms with Gasteiger partial charge in [-0.3, -0.25) is 13.9 Å². The van der Waals surface area contributed by atoms with Crippen molar-refractivity contribution in [3.8, 4) is 0 Å². The first-order valence-electron chi connectivity index (χ1n) is 3.64. The molecule has 0 spiro atoms. The normalized spacial score (nSPS) is 14.8. The van der Waals surface area contributed by atoms with E-state index in [0.29, 0.717) is 6.54 Å². The van der Waals surface area contributed by atoms with Crippen molar-refractivity contribution in [2.75, 3.05) is 5.75 Å². The molecular formula is C7H8N2O2S. The molecule has 0 saturated heterocycles. The summed E-state index contributed by atoms with van der Waals surface area (Å²) >= 11 is 1.55. The highest BCUT2D eigenvalue weighted by Gasteiger charge is 2.14. The highest BCUT2D eigenvalue weighted by Crippen LogP contribution is 2.20. The van der Waals surface area contributed by atoms with E-state index in [2.05, 4.69) is 0 Å². The van der Waals surface area contributed by atoms with E-state index >= 15 is 0 Å². The van der Waals surface area contributed by atoms with Crippen molar-refractivity contribution in [3.05, 3.63) is 26.9 Å². The number of hydrogen-bond acceptors (Lipinski definition) is 3. The van der Waals surface area contributed by atoms with Gasteiger partial charge in [0.05, 0.1) is 5.03 Å². The monoisotopic (exact) mass is 184 g/mol. The van der Waals surface area contributed by atoms with Gasteiger partial charge in [-0.15, -0.1) is 11.8 Å². The van der Waals surface area contributed by atoms with Crippen LogP contribution in [0, 0.1) is 0 Å². The highest BCUT2D eigenvalue weighted by atomic mass is 32.2. The van der Waals surface area contributed by atoms with E-state index in [0.717, 1.165) is 15.3 Å². The molecule has 1 aromatic heterocycles. The average molecular weight is 184 g/mol. The Bertz CT molecular complexity index is 432. The van der Waals surface area contributed by atoms with Crippen molar-refractivity contribution in [3.63, 3.8) is 0 Å². The van der Waals surface area contributed by atoms with Crippen LogP contribution < -0.4 is 11.2 Å². The van der Waals surface area contributed by atoms with Crippen molar-refractivity contribution < 1.29 is 0 Å². The van der Waals surface area contributed by atoms with E-state index in [1.165, 1.54) is 13.1 Å². The maximum absolute atomic E-state index is 11.4.